The van der Waals surface area contributed by atoms with Crippen LogP contribution < -0.4 is 15.1 Å². The van der Waals surface area contributed by atoms with Crippen molar-refractivity contribution < 1.29 is 9.69 Å². The molecule has 2 N–H and O–H groups in total. The first-order valence-corrected chi connectivity index (χ1v) is 9.44. The molecule has 0 aliphatic rings. The van der Waals surface area contributed by atoms with E-state index in [4.69, 9.17) is 23.2 Å². The molecule has 6 heteroatoms. The third-order valence-corrected chi connectivity index (χ3v) is 5.08. The molecule has 0 aromatic heterocycles. The van der Waals surface area contributed by atoms with E-state index in [9.17, 15) is 4.79 Å². The van der Waals surface area contributed by atoms with E-state index < -0.39 is 0 Å². The molecular formula is C20H26Cl2N3O+. The molecule has 0 aliphatic carbocycles. The summed E-state index contributed by atoms with van der Waals surface area (Å²) < 4.78 is 0. The Balaban J connectivity index is 2.04. The number of hydrogen-bond acceptors (Lipinski definition) is 2. The third-order valence-electron chi connectivity index (χ3n) is 4.53. The Kier molecular flexibility index (Phi) is 7.33. The average Bonchev–Trinajstić information content (AvgIpc) is 2.61. The monoisotopic (exact) mass is 394 g/mol. The molecular weight excluding hydrogens is 369 g/mol. The van der Waals surface area contributed by atoms with Crippen molar-refractivity contribution in [3.63, 3.8) is 0 Å². The Labute approximate surface area is 165 Å². The molecule has 2 atom stereocenters. The Morgan fingerprint density at radius 1 is 1.15 bits per heavy atom. The molecule has 0 bridgehead atoms. The van der Waals surface area contributed by atoms with Gasteiger partial charge in [-0.25, -0.2) is 0 Å². The number of quaternary nitrogens is 1. The van der Waals surface area contributed by atoms with Gasteiger partial charge in [0.2, 0.25) is 0 Å². The maximum atomic E-state index is 12.7. The highest BCUT2D eigenvalue weighted by atomic mass is 35.5. The molecule has 140 valence electrons. The topological polar surface area (TPSA) is 36.8 Å². The molecule has 0 saturated heterocycles. The summed E-state index contributed by atoms with van der Waals surface area (Å²) in [7, 11) is 4.04. The fourth-order valence-electron chi connectivity index (χ4n) is 2.78. The molecule has 0 fully saturated rings. The quantitative estimate of drug-likeness (QED) is 0.753. The van der Waals surface area contributed by atoms with Crippen molar-refractivity contribution in [1.29, 1.82) is 0 Å². The van der Waals surface area contributed by atoms with Gasteiger partial charge in [0.05, 0.1) is 17.3 Å². The number of amides is 1. The number of nitrogens with one attached hydrogen (secondary N) is 2. The van der Waals surface area contributed by atoms with Crippen LogP contribution in [-0.4, -0.2) is 32.6 Å². The van der Waals surface area contributed by atoms with Gasteiger partial charge in [-0.2, -0.15) is 0 Å². The van der Waals surface area contributed by atoms with E-state index in [0.29, 0.717) is 15.7 Å². The molecule has 2 aromatic carbocycles. The molecule has 2 rings (SSSR count). The Bertz CT molecular complexity index is 747. The van der Waals surface area contributed by atoms with Crippen molar-refractivity contribution >= 4 is 40.5 Å². The Morgan fingerprint density at radius 2 is 1.81 bits per heavy atom. The molecule has 26 heavy (non-hydrogen) atoms. The van der Waals surface area contributed by atoms with Crippen LogP contribution in [0.25, 0.3) is 0 Å². The molecule has 0 heterocycles. The van der Waals surface area contributed by atoms with Crippen molar-refractivity contribution in [3.8, 4) is 0 Å². The normalized spacial score (nSPS) is 13.2. The van der Waals surface area contributed by atoms with Crippen molar-refractivity contribution in [2.45, 2.75) is 26.4 Å². The van der Waals surface area contributed by atoms with Gasteiger partial charge in [-0.1, -0.05) is 35.3 Å². The second-order valence-electron chi connectivity index (χ2n) is 6.58. The fourth-order valence-corrected chi connectivity index (χ4v) is 3.23. The van der Waals surface area contributed by atoms with E-state index >= 15 is 0 Å². The van der Waals surface area contributed by atoms with E-state index in [1.807, 2.05) is 21.0 Å². The van der Waals surface area contributed by atoms with E-state index in [2.05, 4.69) is 41.4 Å². The van der Waals surface area contributed by atoms with Gasteiger partial charge in [0.15, 0.2) is 6.04 Å². The first-order valence-electron chi connectivity index (χ1n) is 8.68. The van der Waals surface area contributed by atoms with E-state index in [0.717, 1.165) is 18.8 Å². The van der Waals surface area contributed by atoms with Crippen molar-refractivity contribution in [2.75, 3.05) is 30.9 Å². The van der Waals surface area contributed by atoms with Crippen LogP contribution in [0.2, 0.25) is 10.0 Å². The van der Waals surface area contributed by atoms with Crippen LogP contribution in [0, 0.1) is 0 Å². The standard InChI is InChI=1S/C20H25Cl2N3O/c1-5-25(13-15-6-9-17(10-7-15)24(3)4)14(2)20(26)23-19-11-8-16(21)12-18(19)22/h6-12,14H,5,13H2,1-4H3,(H,23,26)/p+1/t14-/m1/s1. The lowest BCUT2D eigenvalue weighted by Crippen LogP contribution is -3.15. The zero-order chi connectivity index (χ0) is 19.3. The van der Waals surface area contributed by atoms with Crippen molar-refractivity contribution in [2.24, 2.45) is 0 Å². The first-order chi connectivity index (χ1) is 12.3. The summed E-state index contributed by atoms with van der Waals surface area (Å²) in [6.07, 6.45) is 0. The molecule has 4 nitrogen and oxygen atoms in total. The van der Waals surface area contributed by atoms with Crippen molar-refractivity contribution in [3.05, 3.63) is 58.1 Å². The largest absolute Gasteiger partial charge is 0.378 e. The summed E-state index contributed by atoms with van der Waals surface area (Å²) >= 11 is 12.1. The van der Waals surface area contributed by atoms with Gasteiger partial charge in [-0.3, -0.25) is 4.79 Å². The minimum absolute atomic E-state index is 0.0593. The van der Waals surface area contributed by atoms with Crippen molar-refractivity contribution in [1.82, 2.24) is 0 Å². The molecule has 0 spiro atoms. The second kappa shape index (κ2) is 9.26. The number of rotatable bonds is 7. The van der Waals surface area contributed by atoms with Crippen LogP contribution in [0.5, 0.6) is 0 Å². The smallest absolute Gasteiger partial charge is 0.282 e. The highest BCUT2D eigenvalue weighted by Gasteiger charge is 2.24. The predicted octanol–water partition coefficient (Wildman–Crippen LogP) is 3.49. The molecule has 2 aromatic rings. The number of nitrogens with zero attached hydrogens (tertiary/aromatic N) is 1. The number of benzene rings is 2. The van der Waals surface area contributed by atoms with Crippen LogP contribution >= 0.6 is 23.2 Å². The fraction of sp³-hybridized carbons (Fsp3) is 0.350. The summed E-state index contributed by atoms with van der Waals surface area (Å²) in [6, 6.07) is 13.3. The number of likely N-dealkylation sites (N-methyl/N-ethyl adjacent to an activating group) is 1. The second-order valence-corrected chi connectivity index (χ2v) is 7.43. The molecule has 0 aliphatic heterocycles. The zero-order valence-corrected chi connectivity index (χ0v) is 17.2. The van der Waals surface area contributed by atoms with Crippen LogP contribution in [0.3, 0.4) is 0 Å². The van der Waals surface area contributed by atoms with Crippen LogP contribution in [-0.2, 0) is 11.3 Å². The Morgan fingerprint density at radius 3 is 2.35 bits per heavy atom. The molecule has 0 saturated carbocycles. The Hall–Kier alpha value is -1.75. The summed E-state index contributed by atoms with van der Waals surface area (Å²) in [4.78, 5) is 15.9. The molecule has 0 radical (unpaired) electrons. The minimum Gasteiger partial charge on any atom is -0.378 e. The first kappa shape index (κ1) is 20.6. The summed E-state index contributed by atoms with van der Waals surface area (Å²) in [6.45, 7) is 5.65. The number of carbonyl (C=O) groups is 1. The average molecular weight is 395 g/mol. The van der Waals surface area contributed by atoms with Crippen LogP contribution in [0.4, 0.5) is 11.4 Å². The van der Waals surface area contributed by atoms with E-state index in [1.54, 1.807) is 18.2 Å². The van der Waals surface area contributed by atoms with Gasteiger partial charge in [0.1, 0.15) is 6.54 Å². The van der Waals surface area contributed by atoms with Crippen LogP contribution in [0.1, 0.15) is 19.4 Å². The van der Waals surface area contributed by atoms with Crippen LogP contribution in [0.15, 0.2) is 42.5 Å². The summed E-state index contributed by atoms with van der Waals surface area (Å²) in [5.74, 6) is -0.0593. The zero-order valence-electron chi connectivity index (χ0n) is 15.6. The van der Waals surface area contributed by atoms with Gasteiger partial charge < -0.3 is 15.1 Å². The van der Waals surface area contributed by atoms with Gasteiger partial charge in [-0.15, -0.1) is 0 Å². The lowest BCUT2D eigenvalue weighted by molar-refractivity contribution is -0.925. The minimum atomic E-state index is -0.208. The predicted molar refractivity (Wildman–Crippen MR) is 111 cm³/mol. The summed E-state index contributed by atoms with van der Waals surface area (Å²) in [5.41, 5.74) is 2.95. The maximum absolute atomic E-state index is 12.7. The molecule has 1 unspecified atom stereocenters. The number of anilines is 2. The number of carbonyl (C=O) groups excluding carboxylic acids is 1. The third kappa shape index (κ3) is 5.37. The SMILES string of the molecule is CC[NH+](Cc1ccc(N(C)C)cc1)[C@H](C)C(=O)Nc1ccc(Cl)cc1Cl. The van der Waals surface area contributed by atoms with Gasteiger partial charge in [0.25, 0.3) is 5.91 Å². The highest BCUT2D eigenvalue weighted by Crippen LogP contribution is 2.25. The van der Waals surface area contributed by atoms with Gasteiger partial charge in [0, 0.05) is 30.4 Å². The summed E-state index contributed by atoms with van der Waals surface area (Å²) in [5, 5.41) is 3.89. The number of hydrogen-bond donors (Lipinski definition) is 2. The van der Waals surface area contributed by atoms with E-state index in [1.165, 1.54) is 10.5 Å². The lowest BCUT2D eigenvalue weighted by Gasteiger charge is -2.24. The van der Waals surface area contributed by atoms with Gasteiger partial charge >= 0.3 is 0 Å². The molecule has 1 amide bonds. The lowest BCUT2D eigenvalue weighted by atomic mass is 10.1. The number of halogens is 2. The maximum Gasteiger partial charge on any atom is 0.282 e. The van der Waals surface area contributed by atoms with E-state index in [-0.39, 0.29) is 11.9 Å². The van der Waals surface area contributed by atoms with Gasteiger partial charge in [-0.05, 0) is 44.2 Å². The highest BCUT2D eigenvalue weighted by molar-refractivity contribution is 6.36.